The molecule has 0 fully saturated rings. The quantitative estimate of drug-likeness (QED) is 0.670. The summed E-state index contributed by atoms with van der Waals surface area (Å²) in [6, 6.07) is 5.08. The maximum Gasteiger partial charge on any atom is 0.228 e. The lowest BCUT2D eigenvalue weighted by atomic mass is 10.1. The van der Waals surface area contributed by atoms with Crippen molar-refractivity contribution < 1.29 is 9.59 Å². The minimum absolute atomic E-state index is 0.0455. The number of alkyl halides is 2. The summed E-state index contributed by atoms with van der Waals surface area (Å²) in [6.45, 7) is 0. The Morgan fingerprint density at radius 3 is 2.93 bits per heavy atom. The summed E-state index contributed by atoms with van der Waals surface area (Å²) in [6.07, 6.45) is 0.325. The van der Waals surface area contributed by atoms with Gasteiger partial charge in [0.2, 0.25) is 5.91 Å². The lowest BCUT2D eigenvalue weighted by molar-refractivity contribution is -0.115. The average molecular weight is 289 g/mol. The largest absolute Gasteiger partial charge is 0.326 e. The molecular weight excluding hydrogens is 281 g/mol. The van der Waals surface area contributed by atoms with Crippen LogP contribution in [-0.4, -0.2) is 16.0 Å². The Hall–Kier alpha value is -0.870. The number of rotatable bonds is 2. The molecule has 1 aliphatic heterocycles. The molecule has 1 amide bonds. The van der Waals surface area contributed by atoms with Gasteiger partial charge >= 0.3 is 0 Å². The number of nitrogens with one attached hydrogen (secondary N) is 1. The van der Waals surface area contributed by atoms with Crippen LogP contribution in [0.5, 0.6) is 0 Å². The number of carbonyl (C=O) groups is 2. The van der Waals surface area contributed by atoms with Gasteiger partial charge in [-0.25, -0.2) is 0 Å². The summed E-state index contributed by atoms with van der Waals surface area (Å²) in [5.41, 5.74) is 2.13. The molecule has 0 aliphatic carbocycles. The van der Waals surface area contributed by atoms with Gasteiger partial charge in [-0.3, -0.25) is 9.59 Å². The predicted octanol–water partition coefficient (Wildman–Crippen LogP) is 2.32. The lowest BCUT2D eigenvalue weighted by Crippen LogP contribution is -2.07. The minimum Gasteiger partial charge on any atom is -0.326 e. The molecule has 1 aromatic rings. The summed E-state index contributed by atoms with van der Waals surface area (Å²) >= 11 is 8.63. The highest BCUT2D eigenvalue weighted by Crippen LogP contribution is 2.25. The van der Waals surface area contributed by atoms with E-state index < -0.39 is 4.29 Å². The van der Waals surface area contributed by atoms with E-state index in [4.69, 9.17) is 11.6 Å². The van der Waals surface area contributed by atoms with Gasteiger partial charge in [0.25, 0.3) is 0 Å². The Kier molecular flexibility index (Phi) is 2.80. The van der Waals surface area contributed by atoms with Crippen LogP contribution >= 0.6 is 27.5 Å². The molecule has 0 radical (unpaired) electrons. The van der Waals surface area contributed by atoms with Crippen molar-refractivity contribution >= 4 is 44.9 Å². The van der Waals surface area contributed by atoms with Gasteiger partial charge < -0.3 is 5.32 Å². The molecule has 1 unspecified atom stereocenters. The number of halogens is 2. The summed E-state index contributed by atoms with van der Waals surface area (Å²) < 4.78 is -0.722. The molecule has 1 aromatic carbocycles. The highest BCUT2D eigenvalue weighted by atomic mass is 79.9. The lowest BCUT2D eigenvalue weighted by Gasteiger charge is -2.03. The number of ketones is 1. The van der Waals surface area contributed by atoms with Gasteiger partial charge in [0, 0.05) is 11.3 Å². The van der Waals surface area contributed by atoms with Crippen molar-refractivity contribution in [2.24, 2.45) is 0 Å². The molecule has 0 saturated heterocycles. The van der Waals surface area contributed by atoms with Gasteiger partial charge in [-0.05, 0) is 23.8 Å². The number of benzene rings is 1. The van der Waals surface area contributed by atoms with Crippen LogP contribution in [0.4, 0.5) is 5.69 Å². The number of anilines is 1. The summed E-state index contributed by atoms with van der Waals surface area (Å²) in [7, 11) is 0. The molecule has 1 heterocycles. The molecule has 0 saturated carbocycles. The number of hydrogen-bond donors (Lipinski definition) is 1. The zero-order valence-electron chi connectivity index (χ0n) is 7.59. The van der Waals surface area contributed by atoms with E-state index in [2.05, 4.69) is 21.2 Å². The fourth-order valence-electron chi connectivity index (χ4n) is 1.51. The highest BCUT2D eigenvalue weighted by molar-refractivity contribution is 9.10. The van der Waals surface area contributed by atoms with Crippen molar-refractivity contribution in [1.82, 2.24) is 0 Å². The second-order valence-corrected chi connectivity index (χ2v) is 5.14. The molecule has 3 nitrogen and oxygen atoms in total. The molecule has 2 rings (SSSR count). The SMILES string of the molecule is O=C1Cc2cc(C(=O)C(Cl)Br)ccc2N1. The third kappa shape index (κ3) is 2.06. The summed E-state index contributed by atoms with van der Waals surface area (Å²) in [4.78, 5) is 22.6. The van der Waals surface area contributed by atoms with Gasteiger partial charge in [-0.2, -0.15) is 0 Å². The number of fused-ring (bicyclic) bond motifs is 1. The zero-order valence-corrected chi connectivity index (χ0v) is 9.93. The van der Waals surface area contributed by atoms with Gasteiger partial charge in [0.15, 0.2) is 10.1 Å². The Morgan fingerprint density at radius 2 is 2.27 bits per heavy atom. The van der Waals surface area contributed by atoms with Crippen LogP contribution in [0.3, 0.4) is 0 Å². The topological polar surface area (TPSA) is 46.2 Å². The van der Waals surface area contributed by atoms with Crippen molar-refractivity contribution in [3.8, 4) is 0 Å². The second kappa shape index (κ2) is 3.94. The zero-order chi connectivity index (χ0) is 11.0. The van der Waals surface area contributed by atoms with Crippen LogP contribution in [0.25, 0.3) is 0 Å². The number of carbonyl (C=O) groups excluding carboxylic acids is 2. The predicted molar refractivity (Wildman–Crippen MR) is 61.7 cm³/mol. The van der Waals surface area contributed by atoms with Gasteiger partial charge in [0.1, 0.15) is 0 Å². The molecule has 0 spiro atoms. The molecule has 1 atom stereocenters. The molecule has 0 aromatic heterocycles. The van der Waals surface area contributed by atoms with Crippen molar-refractivity contribution in [2.75, 3.05) is 5.32 Å². The van der Waals surface area contributed by atoms with Gasteiger partial charge in [0.05, 0.1) is 6.42 Å². The van der Waals surface area contributed by atoms with Crippen LogP contribution in [0.1, 0.15) is 15.9 Å². The van der Waals surface area contributed by atoms with Crippen molar-refractivity contribution in [2.45, 2.75) is 10.7 Å². The van der Waals surface area contributed by atoms with E-state index in [1.54, 1.807) is 18.2 Å². The Labute approximate surface area is 99.9 Å². The van der Waals surface area contributed by atoms with Crippen molar-refractivity contribution in [3.05, 3.63) is 29.3 Å². The molecule has 78 valence electrons. The van der Waals surface area contributed by atoms with E-state index in [9.17, 15) is 9.59 Å². The maximum atomic E-state index is 11.5. The standard InChI is InChI=1S/C10H7BrClNO2/c11-10(12)9(15)5-1-2-7-6(3-5)4-8(14)13-7/h1-3,10H,4H2,(H,13,14). The van der Waals surface area contributed by atoms with Gasteiger partial charge in [-0.15, -0.1) is 11.6 Å². The third-order valence-corrected chi connectivity index (χ3v) is 2.83. The fraction of sp³-hybridized carbons (Fsp3) is 0.200. The number of amides is 1. The van der Waals surface area contributed by atoms with Crippen LogP contribution in [0, 0.1) is 0 Å². The Balaban J connectivity index is 2.35. The smallest absolute Gasteiger partial charge is 0.228 e. The first kappa shape index (κ1) is 10.6. The number of hydrogen-bond acceptors (Lipinski definition) is 2. The van der Waals surface area contributed by atoms with Crippen molar-refractivity contribution in [1.29, 1.82) is 0 Å². The number of Topliss-reactive ketones (excluding diaryl/α,β-unsaturated/α-hetero) is 1. The maximum absolute atomic E-state index is 11.5. The molecular formula is C10H7BrClNO2. The average Bonchev–Trinajstić information content (AvgIpc) is 2.55. The molecule has 15 heavy (non-hydrogen) atoms. The first-order valence-corrected chi connectivity index (χ1v) is 5.68. The first-order chi connectivity index (χ1) is 7.08. The van der Waals surface area contributed by atoms with E-state index >= 15 is 0 Å². The Morgan fingerprint density at radius 1 is 1.53 bits per heavy atom. The molecule has 1 N–H and O–H groups in total. The van der Waals surface area contributed by atoms with E-state index in [0.29, 0.717) is 12.0 Å². The van der Waals surface area contributed by atoms with Crippen LogP contribution in [0.2, 0.25) is 0 Å². The fourth-order valence-corrected chi connectivity index (χ4v) is 1.90. The van der Waals surface area contributed by atoms with Crippen LogP contribution < -0.4 is 5.32 Å². The monoisotopic (exact) mass is 287 g/mol. The van der Waals surface area contributed by atoms with Crippen LogP contribution in [-0.2, 0) is 11.2 Å². The van der Waals surface area contributed by atoms with E-state index in [-0.39, 0.29) is 11.7 Å². The summed E-state index contributed by atoms with van der Waals surface area (Å²) in [5, 5.41) is 2.70. The minimum atomic E-state index is -0.722. The van der Waals surface area contributed by atoms with Crippen molar-refractivity contribution in [3.63, 3.8) is 0 Å². The molecule has 0 bridgehead atoms. The van der Waals surface area contributed by atoms with E-state index in [0.717, 1.165) is 11.3 Å². The third-order valence-electron chi connectivity index (χ3n) is 2.21. The highest BCUT2D eigenvalue weighted by Gasteiger charge is 2.20. The van der Waals surface area contributed by atoms with E-state index in [1.807, 2.05) is 0 Å². The second-order valence-electron chi connectivity index (χ2n) is 3.26. The normalized spacial score (nSPS) is 15.7. The first-order valence-electron chi connectivity index (χ1n) is 4.33. The molecule has 1 aliphatic rings. The van der Waals surface area contributed by atoms with Crippen LogP contribution in [0.15, 0.2) is 18.2 Å². The van der Waals surface area contributed by atoms with E-state index in [1.165, 1.54) is 0 Å². The van der Waals surface area contributed by atoms with Gasteiger partial charge in [-0.1, -0.05) is 15.9 Å². The molecule has 5 heteroatoms. The summed E-state index contributed by atoms with van der Waals surface area (Å²) in [5.74, 6) is -0.241. The Bertz CT molecular complexity index is 445.